The highest BCUT2D eigenvalue weighted by molar-refractivity contribution is 5.94. The Kier molecular flexibility index (Phi) is 7.57. The summed E-state index contributed by atoms with van der Waals surface area (Å²) in [6.07, 6.45) is 0. The largest absolute Gasteiger partial charge is 0.335 e. The van der Waals surface area contributed by atoms with Crippen LogP contribution in [0.15, 0.2) is 78.9 Å². The number of amides is 2. The quantitative estimate of drug-likeness (QED) is 0.583. The molecule has 0 saturated heterocycles. The molecule has 0 aromatic heterocycles. The molecule has 0 bridgehead atoms. The van der Waals surface area contributed by atoms with E-state index in [1.54, 1.807) is 7.05 Å². The predicted molar refractivity (Wildman–Crippen MR) is 125 cm³/mol. The molecular formula is C26H29N3O2. The van der Waals surface area contributed by atoms with Gasteiger partial charge >= 0.3 is 0 Å². The monoisotopic (exact) mass is 415 g/mol. The number of likely N-dealkylation sites (N-methyl/N-ethyl adjacent to an activating group) is 1. The minimum atomic E-state index is -0.224. The Morgan fingerprint density at radius 3 is 1.97 bits per heavy atom. The topological polar surface area (TPSA) is 61.4 Å². The van der Waals surface area contributed by atoms with E-state index in [0.29, 0.717) is 0 Å². The van der Waals surface area contributed by atoms with Crippen LogP contribution in [0.25, 0.3) is 0 Å². The van der Waals surface area contributed by atoms with Crippen LogP contribution in [0.4, 0.5) is 5.69 Å². The molecule has 3 aromatic rings. The number of carbonyl (C=O) groups is 2. The molecule has 2 N–H and O–H groups in total. The third kappa shape index (κ3) is 6.52. The van der Waals surface area contributed by atoms with Gasteiger partial charge in [-0.1, -0.05) is 77.9 Å². The first-order chi connectivity index (χ1) is 14.9. The first-order valence-electron chi connectivity index (χ1n) is 10.4. The highest BCUT2D eigenvalue weighted by atomic mass is 16.2. The van der Waals surface area contributed by atoms with Crippen LogP contribution in [-0.4, -0.2) is 36.9 Å². The lowest BCUT2D eigenvalue weighted by atomic mass is 9.98. The van der Waals surface area contributed by atoms with Crippen molar-refractivity contribution in [2.24, 2.45) is 0 Å². The molecule has 31 heavy (non-hydrogen) atoms. The summed E-state index contributed by atoms with van der Waals surface area (Å²) in [6.45, 7) is 4.16. The third-order valence-electron chi connectivity index (χ3n) is 5.14. The van der Waals surface area contributed by atoms with Gasteiger partial charge in [-0.05, 0) is 37.1 Å². The summed E-state index contributed by atoms with van der Waals surface area (Å²) in [4.78, 5) is 26.4. The van der Waals surface area contributed by atoms with Gasteiger partial charge in [0.25, 0.3) is 0 Å². The molecule has 0 spiro atoms. The molecule has 0 aliphatic rings. The number of benzene rings is 3. The summed E-state index contributed by atoms with van der Waals surface area (Å²) >= 11 is 0. The molecule has 5 nitrogen and oxygen atoms in total. The van der Waals surface area contributed by atoms with E-state index in [0.717, 1.165) is 22.4 Å². The van der Waals surface area contributed by atoms with Gasteiger partial charge in [0.2, 0.25) is 11.8 Å². The number of hydrogen-bond donors (Lipinski definition) is 2. The molecule has 160 valence electrons. The Morgan fingerprint density at radius 2 is 1.35 bits per heavy atom. The van der Waals surface area contributed by atoms with E-state index in [1.165, 1.54) is 10.5 Å². The number of carbonyl (C=O) groups excluding carboxylic acids is 2. The van der Waals surface area contributed by atoms with Crippen molar-refractivity contribution in [3.63, 3.8) is 0 Å². The van der Waals surface area contributed by atoms with Crippen LogP contribution in [0.1, 0.15) is 28.3 Å². The van der Waals surface area contributed by atoms with E-state index >= 15 is 0 Å². The molecule has 0 fully saturated rings. The van der Waals surface area contributed by atoms with Crippen molar-refractivity contribution in [2.75, 3.05) is 25.5 Å². The van der Waals surface area contributed by atoms with Gasteiger partial charge in [-0.15, -0.1) is 0 Å². The second kappa shape index (κ2) is 10.5. The molecule has 0 radical (unpaired) electrons. The molecule has 2 amide bonds. The van der Waals surface area contributed by atoms with Gasteiger partial charge in [0.1, 0.15) is 0 Å². The standard InChI is InChI=1S/C26H29N3O2/c1-19-9-13-22(14-10-19)26(21-7-5-4-6-8-21)27-17-25(31)29(3)18-24(30)28-23-15-11-20(2)12-16-23/h4-16,26-27H,17-18H2,1-3H3,(H,28,30)/t26-/m1/s1. The lowest BCUT2D eigenvalue weighted by Gasteiger charge is -2.22. The van der Waals surface area contributed by atoms with Crippen LogP contribution in [0.2, 0.25) is 0 Å². The van der Waals surface area contributed by atoms with E-state index in [4.69, 9.17) is 0 Å². The van der Waals surface area contributed by atoms with Gasteiger partial charge < -0.3 is 10.2 Å². The van der Waals surface area contributed by atoms with Crippen LogP contribution in [0.5, 0.6) is 0 Å². The Hall–Kier alpha value is -3.44. The summed E-state index contributed by atoms with van der Waals surface area (Å²) in [6, 6.07) is 25.8. The van der Waals surface area contributed by atoms with Crippen molar-refractivity contribution in [1.29, 1.82) is 0 Å². The highest BCUT2D eigenvalue weighted by Gasteiger charge is 2.18. The summed E-state index contributed by atoms with van der Waals surface area (Å²) in [5.74, 6) is -0.370. The molecule has 1 atom stereocenters. The summed E-state index contributed by atoms with van der Waals surface area (Å²) in [5.41, 5.74) is 5.20. The zero-order valence-electron chi connectivity index (χ0n) is 18.3. The Bertz CT molecular complexity index is 999. The molecular weight excluding hydrogens is 386 g/mol. The smallest absolute Gasteiger partial charge is 0.243 e. The average Bonchev–Trinajstić information content (AvgIpc) is 2.77. The third-order valence-corrected chi connectivity index (χ3v) is 5.14. The van der Waals surface area contributed by atoms with Gasteiger partial charge in [-0.25, -0.2) is 0 Å². The molecule has 0 unspecified atom stereocenters. The summed E-state index contributed by atoms with van der Waals surface area (Å²) in [5, 5.41) is 6.18. The van der Waals surface area contributed by atoms with Gasteiger partial charge in [0.15, 0.2) is 0 Å². The maximum Gasteiger partial charge on any atom is 0.243 e. The normalized spacial score (nSPS) is 11.6. The second-order valence-electron chi connectivity index (χ2n) is 7.80. The van der Waals surface area contributed by atoms with E-state index < -0.39 is 0 Å². The Morgan fingerprint density at radius 1 is 0.806 bits per heavy atom. The fourth-order valence-corrected chi connectivity index (χ4v) is 3.30. The van der Waals surface area contributed by atoms with Crippen LogP contribution < -0.4 is 10.6 Å². The molecule has 0 heterocycles. The maximum atomic E-state index is 12.7. The maximum absolute atomic E-state index is 12.7. The number of anilines is 1. The van der Waals surface area contributed by atoms with Gasteiger partial charge in [0.05, 0.1) is 19.1 Å². The molecule has 0 aliphatic heterocycles. The van der Waals surface area contributed by atoms with Crippen molar-refractivity contribution in [1.82, 2.24) is 10.2 Å². The van der Waals surface area contributed by atoms with Crippen LogP contribution in [-0.2, 0) is 9.59 Å². The molecule has 0 saturated carbocycles. The van der Waals surface area contributed by atoms with E-state index in [9.17, 15) is 9.59 Å². The van der Waals surface area contributed by atoms with E-state index in [-0.39, 0.29) is 30.9 Å². The van der Waals surface area contributed by atoms with Gasteiger partial charge in [-0.2, -0.15) is 0 Å². The van der Waals surface area contributed by atoms with Crippen molar-refractivity contribution in [3.05, 3.63) is 101 Å². The van der Waals surface area contributed by atoms with Gasteiger partial charge in [0, 0.05) is 12.7 Å². The molecule has 3 aromatic carbocycles. The number of nitrogens with one attached hydrogen (secondary N) is 2. The summed E-state index contributed by atoms with van der Waals surface area (Å²) < 4.78 is 0. The fourth-order valence-electron chi connectivity index (χ4n) is 3.30. The van der Waals surface area contributed by atoms with Crippen LogP contribution in [0, 0.1) is 13.8 Å². The zero-order chi connectivity index (χ0) is 22.2. The average molecular weight is 416 g/mol. The van der Waals surface area contributed by atoms with Crippen molar-refractivity contribution < 1.29 is 9.59 Å². The minimum Gasteiger partial charge on any atom is -0.335 e. The number of rotatable bonds is 8. The van der Waals surface area contributed by atoms with Crippen LogP contribution in [0.3, 0.4) is 0 Å². The van der Waals surface area contributed by atoms with Crippen molar-refractivity contribution in [3.8, 4) is 0 Å². The second-order valence-corrected chi connectivity index (χ2v) is 7.80. The van der Waals surface area contributed by atoms with Crippen molar-refractivity contribution >= 4 is 17.5 Å². The lowest BCUT2D eigenvalue weighted by molar-refractivity contribution is -0.132. The van der Waals surface area contributed by atoms with Crippen molar-refractivity contribution in [2.45, 2.75) is 19.9 Å². The summed E-state index contributed by atoms with van der Waals surface area (Å²) in [7, 11) is 1.64. The first-order valence-corrected chi connectivity index (χ1v) is 10.4. The SMILES string of the molecule is Cc1ccc(NC(=O)CN(C)C(=O)CN[C@H](c2ccccc2)c2ccc(C)cc2)cc1. The van der Waals surface area contributed by atoms with Crippen LogP contribution >= 0.6 is 0 Å². The minimum absolute atomic E-state index is 0.00503. The fraction of sp³-hybridized carbons (Fsp3) is 0.231. The predicted octanol–water partition coefficient (Wildman–Crippen LogP) is 4.08. The van der Waals surface area contributed by atoms with Gasteiger partial charge in [-0.3, -0.25) is 14.9 Å². The Balaban J connectivity index is 1.60. The number of hydrogen-bond acceptors (Lipinski definition) is 3. The highest BCUT2D eigenvalue weighted by Crippen LogP contribution is 2.22. The first kappa shape index (κ1) is 22.2. The zero-order valence-corrected chi connectivity index (χ0v) is 18.3. The van der Waals surface area contributed by atoms with E-state index in [2.05, 4.69) is 41.8 Å². The molecule has 0 aliphatic carbocycles. The molecule has 3 rings (SSSR count). The van der Waals surface area contributed by atoms with E-state index in [1.807, 2.05) is 61.5 Å². The molecule has 5 heteroatoms. The number of aryl methyl sites for hydroxylation is 2. The lowest BCUT2D eigenvalue weighted by Crippen LogP contribution is -2.41. The number of nitrogens with zero attached hydrogens (tertiary/aromatic N) is 1. The Labute approximate surface area is 184 Å².